The van der Waals surface area contributed by atoms with Crippen LogP contribution in [-0.2, 0) is 0 Å². The summed E-state index contributed by atoms with van der Waals surface area (Å²) in [6, 6.07) is 24.4. The molecule has 0 unspecified atom stereocenters. The number of para-hydroxylation sites is 2. The Balaban J connectivity index is 1.54. The van der Waals surface area contributed by atoms with Crippen LogP contribution in [0, 0.1) is 0 Å². The van der Waals surface area contributed by atoms with Gasteiger partial charge in [-0.1, -0.05) is 71.5 Å². The van der Waals surface area contributed by atoms with Crippen LogP contribution >= 0.6 is 22.9 Å². The number of hydrogen-bond donors (Lipinski definition) is 2. The Bertz CT molecular complexity index is 1110. The number of halogens is 1. The summed E-state index contributed by atoms with van der Waals surface area (Å²) in [7, 11) is 0. The average molecular weight is 407 g/mol. The number of benzene rings is 3. The smallest absolute Gasteiger partial charge is 0.259 e. The molecule has 2 N–H and O–H groups in total. The van der Waals surface area contributed by atoms with E-state index in [9.17, 15) is 4.79 Å². The van der Waals surface area contributed by atoms with Gasteiger partial charge in [-0.25, -0.2) is 0 Å². The number of anilines is 3. The van der Waals surface area contributed by atoms with E-state index in [1.165, 1.54) is 11.3 Å². The molecule has 0 saturated heterocycles. The lowest BCUT2D eigenvalue weighted by Crippen LogP contribution is -2.13. The minimum absolute atomic E-state index is 0.263. The Morgan fingerprint density at radius 3 is 2.39 bits per heavy atom. The first kappa shape index (κ1) is 18.2. The molecule has 5 nitrogen and oxygen atoms in total. The van der Waals surface area contributed by atoms with Crippen molar-refractivity contribution in [2.24, 2.45) is 0 Å². The monoisotopic (exact) mass is 406 g/mol. The first-order valence-corrected chi connectivity index (χ1v) is 9.71. The predicted octanol–water partition coefficient (Wildman–Crippen LogP) is 5.85. The Morgan fingerprint density at radius 1 is 0.857 bits per heavy atom. The first-order valence-electron chi connectivity index (χ1n) is 8.51. The second kappa shape index (κ2) is 8.21. The Labute approximate surface area is 171 Å². The second-order valence-electron chi connectivity index (χ2n) is 5.88. The molecule has 1 heterocycles. The van der Waals surface area contributed by atoms with Crippen LogP contribution in [0.4, 0.5) is 16.5 Å². The van der Waals surface area contributed by atoms with Crippen LogP contribution in [0.2, 0.25) is 5.02 Å². The molecule has 0 aliphatic heterocycles. The topological polar surface area (TPSA) is 66.9 Å². The Kier molecular flexibility index (Phi) is 5.32. The van der Waals surface area contributed by atoms with Gasteiger partial charge in [0.15, 0.2) is 5.01 Å². The number of nitrogens with zero attached hydrogens (tertiary/aromatic N) is 2. The lowest BCUT2D eigenvalue weighted by Gasteiger charge is -2.11. The van der Waals surface area contributed by atoms with Gasteiger partial charge in [-0.2, -0.15) is 0 Å². The molecule has 1 amide bonds. The van der Waals surface area contributed by atoms with Crippen LogP contribution in [0.15, 0.2) is 78.9 Å². The van der Waals surface area contributed by atoms with Gasteiger partial charge in [0.25, 0.3) is 5.91 Å². The quantitative estimate of drug-likeness (QED) is 0.436. The SMILES string of the molecule is O=C(Nc1nnc(-c2ccccc2Cl)s1)c1ccccc1Nc1ccccc1. The number of carbonyl (C=O) groups is 1. The second-order valence-corrected chi connectivity index (χ2v) is 7.27. The van der Waals surface area contributed by atoms with E-state index >= 15 is 0 Å². The minimum Gasteiger partial charge on any atom is -0.355 e. The Hall–Kier alpha value is -3.22. The number of nitrogens with one attached hydrogen (secondary N) is 2. The lowest BCUT2D eigenvalue weighted by molar-refractivity contribution is 0.102. The maximum atomic E-state index is 12.8. The molecule has 0 radical (unpaired) electrons. The van der Waals surface area contributed by atoms with E-state index < -0.39 is 0 Å². The highest BCUT2D eigenvalue weighted by molar-refractivity contribution is 7.18. The third-order valence-corrected chi connectivity index (χ3v) is 5.18. The summed E-state index contributed by atoms with van der Waals surface area (Å²) in [5, 5.41) is 15.9. The van der Waals surface area contributed by atoms with Crippen molar-refractivity contribution in [2.75, 3.05) is 10.6 Å². The van der Waals surface area contributed by atoms with E-state index in [-0.39, 0.29) is 5.91 Å². The van der Waals surface area contributed by atoms with Gasteiger partial charge in [-0.05, 0) is 30.3 Å². The molecule has 0 fully saturated rings. The third-order valence-electron chi connectivity index (χ3n) is 3.97. The van der Waals surface area contributed by atoms with Crippen molar-refractivity contribution in [1.82, 2.24) is 10.2 Å². The molecule has 0 atom stereocenters. The average Bonchev–Trinajstić information content (AvgIpc) is 3.17. The molecule has 0 aliphatic rings. The number of aromatic nitrogens is 2. The molecular formula is C21H15ClN4OS. The fourth-order valence-electron chi connectivity index (χ4n) is 2.65. The van der Waals surface area contributed by atoms with Crippen LogP contribution in [0.25, 0.3) is 10.6 Å². The van der Waals surface area contributed by atoms with Crippen molar-refractivity contribution in [3.05, 3.63) is 89.4 Å². The van der Waals surface area contributed by atoms with Gasteiger partial charge in [-0.3, -0.25) is 10.1 Å². The summed E-state index contributed by atoms with van der Waals surface area (Å²) < 4.78 is 0. The normalized spacial score (nSPS) is 10.5. The van der Waals surface area contributed by atoms with E-state index in [0.29, 0.717) is 26.4 Å². The van der Waals surface area contributed by atoms with E-state index in [1.807, 2.05) is 66.7 Å². The van der Waals surface area contributed by atoms with Gasteiger partial charge in [0.1, 0.15) is 0 Å². The van der Waals surface area contributed by atoms with Crippen molar-refractivity contribution in [2.45, 2.75) is 0 Å². The molecule has 0 saturated carbocycles. The maximum Gasteiger partial charge on any atom is 0.259 e. The summed E-state index contributed by atoms with van der Waals surface area (Å²) in [6.45, 7) is 0. The van der Waals surface area contributed by atoms with Crippen LogP contribution in [0.3, 0.4) is 0 Å². The molecule has 4 rings (SSSR count). The summed E-state index contributed by atoms with van der Waals surface area (Å²) in [5.41, 5.74) is 2.91. The van der Waals surface area contributed by atoms with Gasteiger partial charge in [0.2, 0.25) is 5.13 Å². The molecule has 0 bridgehead atoms. The molecule has 138 valence electrons. The Morgan fingerprint density at radius 2 is 1.57 bits per heavy atom. The first-order chi connectivity index (χ1) is 13.7. The highest BCUT2D eigenvalue weighted by Gasteiger charge is 2.15. The van der Waals surface area contributed by atoms with E-state index in [1.54, 1.807) is 12.1 Å². The minimum atomic E-state index is -0.263. The van der Waals surface area contributed by atoms with Crippen molar-refractivity contribution in [1.29, 1.82) is 0 Å². The zero-order chi connectivity index (χ0) is 19.3. The number of hydrogen-bond acceptors (Lipinski definition) is 5. The van der Waals surface area contributed by atoms with Gasteiger partial charge < -0.3 is 5.32 Å². The fraction of sp³-hybridized carbons (Fsp3) is 0. The molecule has 3 aromatic carbocycles. The third kappa shape index (κ3) is 4.03. The molecule has 4 aromatic rings. The van der Waals surface area contributed by atoms with Gasteiger partial charge >= 0.3 is 0 Å². The van der Waals surface area contributed by atoms with E-state index in [0.717, 1.165) is 11.3 Å². The van der Waals surface area contributed by atoms with Crippen molar-refractivity contribution in [3.8, 4) is 10.6 Å². The van der Waals surface area contributed by atoms with E-state index in [4.69, 9.17) is 11.6 Å². The highest BCUT2D eigenvalue weighted by Crippen LogP contribution is 2.32. The maximum absolute atomic E-state index is 12.8. The van der Waals surface area contributed by atoms with Crippen molar-refractivity contribution in [3.63, 3.8) is 0 Å². The number of rotatable bonds is 5. The molecule has 28 heavy (non-hydrogen) atoms. The molecule has 0 spiro atoms. The predicted molar refractivity (Wildman–Crippen MR) is 114 cm³/mol. The van der Waals surface area contributed by atoms with Crippen molar-refractivity contribution < 1.29 is 4.79 Å². The summed E-state index contributed by atoms with van der Waals surface area (Å²) in [4.78, 5) is 12.8. The van der Waals surface area contributed by atoms with E-state index in [2.05, 4.69) is 20.8 Å². The van der Waals surface area contributed by atoms with Crippen molar-refractivity contribution >= 4 is 45.4 Å². The van der Waals surface area contributed by atoms with Crippen LogP contribution in [0.5, 0.6) is 0 Å². The molecular weight excluding hydrogens is 392 g/mol. The zero-order valence-electron chi connectivity index (χ0n) is 14.6. The standard InChI is InChI=1S/C21H15ClN4OS/c22-17-12-6-4-10-15(17)20-25-26-21(28-20)24-19(27)16-11-5-7-13-18(16)23-14-8-2-1-3-9-14/h1-13,23H,(H,24,26,27). The van der Waals surface area contributed by atoms with Crippen LogP contribution in [0.1, 0.15) is 10.4 Å². The number of amides is 1. The van der Waals surface area contributed by atoms with Gasteiger partial charge in [0.05, 0.1) is 16.3 Å². The summed E-state index contributed by atoms with van der Waals surface area (Å²) in [5.74, 6) is -0.263. The molecule has 0 aliphatic carbocycles. The lowest BCUT2D eigenvalue weighted by atomic mass is 10.1. The van der Waals surface area contributed by atoms with Crippen LogP contribution in [-0.4, -0.2) is 16.1 Å². The molecule has 7 heteroatoms. The van der Waals surface area contributed by atoms with Crippen LogP contribution < -0.4 is 10.6 Å². The zero-order valence-corrected chi connectivity index (χ0v) is 16.2. The highest BCUT2D eigenvalue weighted by atomic mass is 35.5. The van der Waals surface area contributed by atoms with Gasteiger partial charge in [0, 0.05) is 11.3 Å². The number of carbonyl (C=O) groups excluding carboxylic acids is 1. The summed E-state index contributed by atoms with van der Waals surface area (Å²) in [6.07, 6.45) is 0. The largest absolute Gasteiger partial charge is 0.355 e. The fourth-order valence-corrected chi connectivity index (χ4v) is 3.71. The molecule has 1 aromatic heterocycles. The summed E-state index contributed by atoms with van der Waals surface area (Å²) >= 11 is 7.48. The van der Waals surface area contributed by atoms with Gasteiger partial charge in [-0.15, -0.1) is 10.2 Å².